The van der Waals surface area contributed by atoms with Gasteiger partial charge in [-0.2, -0.15) is 0 Å². The van der Waals surface area contributed by atoms with Crippen LogP contribution in [0.2, 0.25) is 0 Å². The predicted octanol–water partition coefficient (Wildman–Crippen LogP) is 1.29. The lowest BCUT2D eigenvalue weighted by atomic mass is 9.96. The van der Waals surface area contributed by atoms with Crippen molar-refractivity contribution in [2.24, 2.45) is 11.7 Å². The van der Waals surface area contributed by atoms with Gasteiger partial charge < -0.3 is 15.6 Å². The number of ether oxygens (including phenoxy) is 1. The Morgan fingerprint density at radius 1 is 1.44 bits per heavy atom. The lowest BCUT2D eigenvalue weighted by Gasteiger charge is -2.11. The Kier molecular flexibility index (Phi) is 4.79. The second-order valence-electron chi connectivity index (χ2n) is 3.66. The zero-order valence-electron chi connectivity index (χ0n) is 9.35. The van der Waals surface area contributed by atoms with E-state index in [1.165, 1.54) is 0 Å². The molecule has 4 nitrogen and oxygen atoms in total. The summed E-state index contributed by atoms with van der Waals surface area (Å²) in [4.78, 5) is 10.9. The van der Waals surface area contributed by atoms with E-state index in [1.807, 2.05) is 24.3 Å². The van der Waals surface area contributed by atoms with Crippen LogP contribution in [-0.2, 0) is 11.2 Å². The predicted molar refractivity (Wildman–Crippen MR) is 61.5 cm³/mol. The average molecular weight is 223 g/mol. The van der Waals surface area contributed by atoms with Gasteiger partial charge >= 0.3 is 5.97 Å². The monoisotopic (exact) mass is 223 g/mol. The van der Waals surface area contributed by atoms with E-state index in [0.717, 1.165) is 11.3 Å². The molecule has 0 radical (unpaired) electrons. The molecule has 0 saturated heterocycles. The van der Waals surface area contributed by atoms with Crippen molar-refractivity contribution in [3.05, 3.63) is 29.8 Å². The van der Waals surface area contributed by atoms with Crippen LogP contribution in [0, 0.1) is 5.92 Å². The summed E-state index contributed by atoms with van der Waals surface area (Å²) in [5.74, 6) is -0.422. The third-order valence-electron chi connectivity index (χ3n) is 2.51. The molecule has 1 atom stereocenters. The average Bonchev–Trinajstić information content (AvgIpc) is 2.29. The molecule has 0 bridgehead atoms. The van der Waals surface area contributed by atoms with Crippen LogP contribution in [-0.4, -0.2) is 24.7 Å². The smallest absolute Gasteiger partial charge is 0.306 e. The van der Waals surface area contributed by atoms with Crippen molar-refractivity contribution in [1.29, 1.82) is 0 Å². The van der Waals surface area contributed by atoms with Crippen LogP contribution in [0.1, 0.15) is 12.0 Å². The fraction of sp³-hybridized carbons (Fsp3) is 0.417. The molecule has 0 aliphatic carbocycles. The van der Waals surface area contributed by atoms with Crippen LogP contribution in [0.15, 0.2) is 24.3 Å². The van der Waals surface area contributed by atoms with Crippen LogP contribution >= 0.6 is 0 Å². The number of benzene rings is 1. The van der Waals surface area contributed by atoms with Crippen molar-refractivity contribution in [2.45, 2.75) is 12.8 Å². The van der Waals surface area contributed by atoms with Gasteiger partial charge in [0.2, 0.25) is 0 Å². The number of carboxylic acids is 1. The highest BCUT2D eigenvalue weighted by Crippen LogP contribution is 2.16. The first-order valence-electron chi connectivity index (χ1n) is 5.23. The summed E-state index contributed by atoms with van der Waals surface area (Å²) in [6, 6.07) is 7.42. The van der Waals surface area contributed by atoms with Crippen molar-refractivity contribution in [3.63, 3.8) is 0 Å². The summed E-state index contributed by atoms with van der Waals surface area (Å²) in [7, 11) is 1.60. The quantitative estimate of drug-likeness (QED) is 0.762. The first-order chi connectivity index (χ1) is 7.67. The van der Waals surface area contributed by atoms with Crippen molar-refractivity contribution in [3.8, 4) is 5.75 Å². The highest BCUT2D eigenvalue weighted by Gasteiger charge is 2.16. The molecule has 0 aliphatic heterocycles. The molecule has 88 valence electrons. The summed E-state index contributed by atoms with van der Waals surface area (Å²) >= 11 is 0. The maximum absolute atomic E-state index is 10.9. The Morgan fingerprint density at radius 2 is 2.06 bits per heavy atom. The number of carbonyl (C=O) groups is 1. The maximum Gasteiger partial charge on any atom is 0.306 e. The molecule has 0 aliphatic rings. The summed E-state index contributed by atoms with van der Waals surface area (Å²) in [5, 5.41) is 8.99. The standard InChI is InChI=1S/C12H17NO3/c1-16-11-4-2-9(3-5-11)8-10(6-7-13)12(14)15/h2-5,10H,6-8,13H2,1H3,(H,14,15). The molecule has 0 spiro atoms. The molecule has 4 heteroatoms. The minimum Gasteiger partial charge on any atom is -0.497 e. The van der Waals surface area contributed by atoms with Gasteiger partial charge in [0, 0.05) is 0 Å². The molecule has 1 rings (SSSR count). The van der Waals surface area contributed by atoms with Gasteiger partial charge in [-0.05, 0) is 37.1 Å². The first kappa shape index (κ1) is 12.5. The molecule has 0 aromatic heterocycles. The lowest BCUT2D eigenvalue weighted by molar-refractivity contribution is -0.141. The van der Waals surface area contributed by atoms with E-state index in [2.05, 4.69) is 0 Å². The normalized spacial score (nSPS) is 12.1. The fourth-order valence-corrected chi connectivity index (χ4v) is 1.56. The maximum atomic E-state index is 10.9. The number of aliphatic carboxylic acids is 1. The van der Waals surface area contributed by atoms with Crippen molar-refractivity contribution in [2.75, 3.05) is 13.7 Å². The Bertz CT molecular complexity index is 335. The van der Waals surface area contributed by atoms with E-state index < -0.39 is 11.9 Å². The van der Waals surface area contributed by atoms with Gasteiger partial charge in [0.15, 0.2) is 0 Å². The minimum absolute atomic E-state index is 0.396. The molecule has 0 amide bonds. The highest BCUT2D eigenvalue weighted by atomic mass is 16.5. The first-order valence-corrected chi connectivity index (χ1v) is 5.23. The van der Waals surface area contributed by atoms with Crippen LogP contribution in [0.25, 0.3) is 0 Å². The van der Waals surface area contributed by atoms with E-state index in [-0.39, 0.29) is 0 Å². The van der Waals surface area contributed by atoms with Crippen LogP contribution in [0.4, 0.5) is 0 Å². The van der Waals surface area contributed by atoms with Gasteiger partial charge in [-0.1, -0.05) is 12.1 Å². The van der Waals surface area contributed by atoms with Crippen LogP contribution in [0.3, 0.4) is 0 Å². The number of carboxylic acid groups (broad SMARTS) is 1. The molecule has 1 unspecified atom stereocenters. The molecular weight excluding hydrogens is 206 g/mol. The van der Waals surface area contributed by atoms with E-state index in [0.29, 0.717) is 19.4 Å². The van der Waals surface area contributed by atoms with Gasteiger partial charge in [-0.15, -0.1) is 0 Å². The van der Waals surface area contributed by atoms with Gasteiger partial charge in [0.25, 0.3) is 0 Å². The Hall–Kier alpha value is -1.55. The molecule has 3 N–H and O–H groups in total. The molecule has 0 saturated carbocycles. The largest absolute Gasteiger partial charge is 0.497 e. The van der Waals surface area contributed by atoms with E-state index in [1.54, 1.807) is 7.11 Å². The molecular formula is C12H17NO3. The molecule has 0 fully saturated rings. The number of methoxy groups -OCH3 is 1. The topological polar surface area (TPSA) is 72.5 Å². The van der Waals surface area contributed by atoms with Crippen LogP contribution in [0.5, 0.6) is 5.75 Å². The van der Waals surface area contributed by atoms with Crippen molar-refractivity contribution >= 4 is 5.97 Å². The molecule has 1 aromatic carbocycles. The van der Waals surface area contributed by atoms with Gasteiger partial charge in [-0.25, -0.2) is 0 Å². The summed E-state index contributed by atoms with van der Waals surface area (Å²) in [6.07, 6.45) is 1.01. The molecule has 1 aromatic rings. The van der Waals surface area contributed by atoms with Crippen molar-refractivity contribution < 1.29 is 14.6 Å². The summed E-state index contributed by atoms with van der Waals surface area (Å²) in [5.41, 5.74) is 6.37. The Morgan fingerprint density at radius 3 is 2.50 bits per heavy atom. The Labute approximate surface area is 95.0 Å². The lowest BCUT2D eigenvalue weighted by Crippen LogP contribution is -2.20. The van der Waals surface area contributed by atoms with E-state index in [4.69, 9.17) is 15.6 Å². The molecule has 0 heterocycles. The number of hydrogen-bond acceptors (Lipinski definition) is 3. The summed E-state index contributed by atoms with van der Waals surface area (Å²) in [6.45, 7) is 0.396. The highest BCUT2D eigenvalue weighted by molar-refractivity contribution is 5.70. The van der Waals surface area contributed by atoms with Gasteiger partial charge in [0.1, 0.15) is 5.75 Å². The Balaban J connectivity index is 2.65. The molecule has 16 heavy (non-hydrogen) atoms. The number of rotatable bonds is 6. The fourth-order valence-electron chi connectivity index (χ4n) is 1.56. The third-order valence-corrected chi connectivity index (χ3v) is 2.51. The summed E-state index contributed by atoms with van der Waals surface area (Å²) < 4.78 is 5.03. The van der Waals surface area contributed by atoms with Gasteiger partial charge in [0.05, 0.1) is 13.0 Å². The zero-order valence-corrected chi connectivity index (χ0v) is 9.35. The number of nitrogens with two attached hydrogens (primary N) is 1. The third kappa shape index (κ3) is 3.55. The van der Waals surface area contributed by atoms with Gasteiger partial charge in [-0.3, -0.25) is 4.79 Å². The van der Waals surface area contributed by atoms with E-state index in [9.17, 15) is 4.79 Å². The zero-order chi connectivity index (χ0) is 12.0. The SMILES string of the molecule is COc1ccc(CC(CCN)C(=O)O)cc1. The minimum atomic E-state index is -0.790. The van der Waals surface area contributed by atoms with Crippen molar-refractivity contribution in [1.82, 2.24) is 0 Å². The second-order valence-corrected chi connectivity index (χ2v) is 3.66. The number of hydrogen-bond donors (Lipinski definition) is 2. The van der Waals surface area contributed by atoms with Crippen LogP contribution < -0.4 is 10.5 Å². The van der Waals surface area contributed by atoms with E-state index >= 15 is 0 Å². The second kappa shape index (κ2) is 6.12.